The predicted molar refractivity (Wildman–Crippen MR) is 142 cm³/mol. The molecule has 36 heavy (non-hydrogen) atoms. The van der Waals surface area contributed by atoms with E-state index < -0.39 is 5.97 Å². The summed E-state index contributed by atoms with van der Waals surface area (Å²) in [6.07, 6.45) is 0.593. The number of halogens is 1. The molecule has 1 heterocycles. The minimum absolute atomic E-state index is 0.175. The zero-order valence-electron chi connectivity index (χ0n) is 20.4. The number of hydrogen-bond acceptors (Lipinski definition) is 2. The lowest BCUT2D eigenvalue weighted by Gasteiger charge is -2.14. The van der Waals surface area contributed by atoms with Crippen molar-refractivity contribution >= 4 is 27.6 Å². The highest BCUT2D eigenvalue weighted by Crippen LogP contribution is 2.39. The van der Waals surface area contributed by atoms with Gasteiger partial charge in [0.25, 0.3) is 0 Å². The van der Waals surface area contributed by atoms with Crippen LogP contribution in [0.25, 0.3) is 32.8 Å². The van der Waals surface area contributed by atoms with Crippen LogP contribution in [0.5, 0.6) is 5.75 Å². The average molecular weight is 482 g/mol. The van der Waals surface area contributed by atoms with Crippen molar-refractivity contribution < 1.29 is 19.0 Å². The van der Waals surface area contributed by atoms with Crippen molar-refractivity contribution in [3.8, 4) is 16.9 Å². The second-order valence-corrected chi connectivity index (χ2v) is 9.26. The van der Waals surface area contributed by atoms with Gasteiger partial charge in [0, 0.05) is 28.4 Å². The Kier molecular flexibility index (Phi) is 6.47. The maximum Gasteiger partial charge on any atom is 0.353 e. The number of carboxylic acids is 1. The number of aromatic carboxylic acids is 1. The zero-order chi connectivity index (χ0) is 25.2. The number of benzene rings is 4. The summed E-state index contributed by atoms with van der Waals surface area (Å²) in [5.41, 5.74) is 3.30. The molecule has 0 bridgehead atoms. The number of aryl methyl sites for hydroxylation is 1. The molecule has 5 aromatic rings. The van der Waals surface area contributed by atoms with E-state index in [2.05, 4.69) is 13.8 Å². The van der Waals surface area contributed by atoms with Gasteiger partial charge in [0.1, 0.15) is 17.3 Å². The number of carboxylic acid groups (broad SMARTS) is 1. The van der Waals surface area contributed by atoms with Gasteiger partial charge in [0.05, 0.1) is 6.61 Å². The average Bonchev–Trinajstić information content (AvgIpc) is 3.20. The lowest BCUT2D eigenvalue weighted by Crippen LogP contribution is -2.12. The molecule has 5 rings (SSSR count). The largest absolute Gasteiger partial charge is 0.493 e. The van der Waals surface area contributed by atoms with Crippen LogP contribution in [0.15, 0.2) is 84.9 Å². The molecule has 1 aromatic heterocycles. The first-order valence-electron chi connectivity index (χ1n) is 12.2. The van der Waals surface area contributed by atoms with Crippen LogP contribution in [0.1, 0.15) is 42.2 Å². The first kappa shape index (κ1) is 23.6. The SMILES string of the molecule is CC(C)c1ccccc1-c1c(C(=O)O)n(CCCOc2cccc3ccccc23)c2ccc(F)cc12. The molecule has 0 aliphatic carbocycles. The maximum absolute atomic E-state index is 14.4. The van der Waals surface area contributed by atoms with E-state index in [0.29, 0.717) is 36.0 Å². The fourth-order valence-electron chi connectivity index (χ4n) is 5.01. The fourth-order valence-corrected chi connectivity index (χ4v) is 5.01. The zero-order valence-corrected chi connectivity index (χ0v) is 20.4. The maximum atomic E-state index is 14.4. The van der Waals surface area contributed by atoms with E-state index in [1.165, 1.54) is 12.1 Å². The van der Waals surface area contributed by atoms with Crippen molar-refractivity contribution in [2.24, 2.45) is 0 Å². The van der Waals surface area contributed by atoms with Crippen molar-refractivity contribution in [1.29, 1.82) is 0 Å². The number of carbonyl (C=O) groups is 1. The standard InChI is InChI=1S/C31H28FNO3/c1-20(2)23-11-5-6-13-25(23)29-26-19-22(32)15-16-27(26)33(30(29)31(34)35)17-8-18-36-28-14-7-10-21-9-3-4-12-24(21)28/h3-7,9-16,19-20H,8,17-18H2,1-2H3,(H,34,35). The molecule has 0 saturated heterocycles. The number of rotatable bonds is 8. The van der Waals surface area contributed by atoms with Crippen molar-refractivity contribution in [3.63, 3.8) is 0 Å². The lowest BCUT2D eigenvalue weighted by atomic mass is 9.91. The Bertz CT molecular complexity index is 1560. The normalized spacial score (nSPS) is 11.4. The molecule has 5 heteroatoms. The second-order valence-electron chi connectivity index (χ2n) is 9.26. The van der Waals surface area contributed by atoms with Gasteiger partial charge in [0.2, 0.25) is 0 Å². The van der Waals surface area contributed by atoms with Gasteiger partial charge in [-0.3, -0.25) is 0 Å². The molecule has 0 saturated carbocycles. The van der Waals surface area contributed by atoms with Crippen molar-refractivity contribution in [3.05, 3.63) is 102 Å². The van der Waals surface area contributed by atoms with Crippen molar-refractivity contribution in [2.45, 2.75) is 32.7 Å². The van der Waals surface area contributed by atoms with E-state index in [0.717, 1.165) is 27.6 Å². The summed E-state index contributed by atoms with van der Waals surface area (Å²) >= 11 is 0. The number of nitrogens with zero attached hydrogens (tertiary/aromatic N) is 1. The summed E-state index contributed by atoms with van der Waals surface area (Å²) in [6, 6.07) is 26.3. The smallest absolute Gasteiger partial charge is 0.353 e. The highest BCUT2D eigenvalue weighted by molar-refractivity contribution is 6.08. The van der Waals surface area contributed by atoms with Crippen LogP contribution in [0.2, 0.25) is 0 Å². The Morgan fingerprint density at radius 1 is 0.944 bits per heavy atom. The molecule has 1 N–H and O–H groups in total. The second kappa shape index (κ2) is 9.86. The van der Waals surface area contributed by atoms with E-state index in [1.807, 2.05) is 66.7 Å². The molecule has 0 aliphatic rings. The van der Waals surface area contributed by atoms with Gasteiger partial charge in [-0.15, -0.1) is 0 Å². The Hall–Kier alpha value is -4.12. The predicted octanol–water partition coefficient (Wildman–Crippen LogP) is 7.89. The fraction of sp³-hybridized carbons (Fsp3) is 0.194. The minimum atomic E-state index is -1.03. The monoisotopic (exact) mass is 481 g/mol. The van der Waals surface area contributed by atoms with Gasteiger partial charge < -0.3 is 14.4 Å². The van der Waals surface area contributed by atoms with E-state index >= 15 is 0 Å². The summed E-state index contributed by atoms with van der Waals surface area (Å²) < 4.78 is 22.3. The van der Waals surface area contributed by atoms with Gasteiger partial charge in [-0.2, -0.15) is 0 Å². The quantitative estimate of drug-likeness (QED) is 0.229. The Morgan fingerprint density at radius 2 is 1.69 bits per heavy atom. The highest BCUT2D eigenvalue weighted by Gasteiger charge is 2.25. The topological polar surface area (TPSA) is 51.5 Å². The van der Waals surface area contributed by atoms with Crippen LogP contribution in [-0.2, 0) is 6.54 Å². The molecule has 4 nitrogen and oxygen atoms in total. The van der Waals surface area contributed by atoms with Crippen molar-refractivity contribution in [1.82, 2.24) is 4.57 Å². The first-order valence-corrected chi connectivity index (χ1v) is 12.2. The van der Waals surface area contributed by atoms with Gasteiger partial charge in [0.15, 0.2) is 0 Å². The molecule has 0 unspecified atom stereocenters. The van der Waals surface area contributed by atoms with Gasteiger partial charge in [-0.1, -0.05) is 74.5 Å². The molecule has 0 radical (unpaired) electrons. The summed E-state index contributed by atoms with van der Waals surface area (Å²) in [5.74, 6) is -0.435. The van der Waals surface area contributed by atoms with Crippen molar-refractivity contribution in [2.75, 3.05) is 6.61 Å². The number of ether oxygens (including phenoxy) is 1. The van der Waals surface area contributed by atoms with Gasteiger partial charge in [-0.25, -0.2) is 9.18 Å². The molecule has 0 amide bonds. The summed E-state index contributed by atoms with van der Waals surface area (Å²) in [6.45, 7) is 5.00. The third kappa shape index (κ3) is 4.33. The summed E-state index contributed by atoms with van der Waals surface area (Å²) in [5, 5.41) is 13.1. The Balaban J connectivity index is 1.52. The van der Waals surface area contributed by atoms with Crippen LogP contribution in [-0.4, -0.2) is 22.2 Å². The highest BCUT2D eigenvalue weighted by atomic mass is 19.1. The Labute approximate surface area is 209 Å². The van der Waals surface area contributed by atoms with Gasteiger partial charge in [-0.05, 0) is 53.1 Å². The molecular formula is C31H28FNO3. The minimum Gasteiger partial charge on any atom is -0.493 e. The summed E-state index contributed by atoms with van der Waals surface area (Å²) in [7, 11) is 0. The third-order valence-electron chi connectivity index (χ3n) is 6.61. The van der Waals surface area contributed by atoms with E-state index in [4.69, 9.17) is 4.74 Å². The molecule has 0 fully saturated rings. The molecule has 0 spiro atoms. The van der Waals surface area contributed by atoms with Crippen LogP contribution in [0.3, 0.4) is 0 Å². The van der Waals surface area contributed by atoms with Crippen LogP contribution in [0.4, 0.5) is 4.39 Å². The van der Waals surface area contributed by atoms with E-state index in [9.17, 15) is 14.3 Å². The lowest BCUT2D eigenvalue weighted by molar-refractivity contribution is 0.0686. The molecule has 0 atom stereocenters. The van der Waals surface area contributed by atoms with E-state index in [1.54, 1.807) is 10.6 Å². The van der Waals surface area contributed by atoms with Crippen LogP contribution in [0, 0.1) is 5.82 Å². The molecule has 0 aliphatic heterocycles. The number of fused-ring (bicyclic) bond motifs is 2. The van der Waals surface area contributed by atoms with E-state index in [-0.39, 0.29) is 17.4 Å². The molecular weight excluding hydrogens is 453 g/mol. The van der Waals surface area contributed by atoms with Gasteiger partial charge >= 0.3 is 5.97 Å². The van der Waals surface area contributed by atoms with Crippen LogP contribution < -0.4 is 4.74 Å². The number of hydrogen-bond donors (Lipinski definition) is 1. The Morgan fingerprint density at radius 3 is 2.50 bits per heavy atom. The first-order chi connectivity index (χ1) is 17.5. The third-order valence-corrected chi connectivity index (χ3v) is 6.61. The molecule has 182 valence electrons. The number of aromatic nitrogens is 1. The molecule has 4 aromatic carbocycles. The van der Waals surface area contributed by atoms with Crippen LogP contribution >= 0.6 is 0 Å². The summed E-state index contributed by atoms with van der Waals surface area (Å²) in [4.78, 5) is 12.6.